The molecule has 2 saturated heterocycles. The molecule has 5 heteroatoms. The van der Waals surface area contributed by atoms with E-state index in [4.69, 9.17) is 9.47 Å². The topological polar surface area (TPSA) is 42.0 Å². The van der Waals surface area contributed by atoms with Crippen LogP contribution in [0.4, 0.5) is 0 Å². The monoisotopic (exact) mass is 390 g/mol. The van der Waals surface area contributed by atoms with Crippen molar-refractivity contribution in [3.05, 3.63) is 11.6 Å². The van der Waals surface area contributed by atoms with E-state index in [1.54, 1.807) is 5.57 Å². The van der Waals surface area contributed by atoms with E-state index < -0.39 is 0 Å². The van der Waals surface area contributed by atoms with Crippen LogP contribution in [0.5, 0.6) is 0 Å². The van der Waals surface area contributed by atoms with Crippen LogP contribution in [0, 0.1) is 23.2 Å². The average molecular weight is 391 g/mol. The van der Waals surface area contributed by atoms with Crippen LogP contribution in [-0.2, 0) is 14.3 Å². The van der Waals surface area contributed by atoms with Crippen LogP contribution >= 0.6 is 0 Å². The number of nitrogens with zero attached hydrogens (tertiary/aromatic N) is 2. The molecular weight excluding hydrogens is 352 g/mol. The van der Waals surface area contributed by atoms with Gasteiger partial charge in [0.1, 0.15) is 0 Å². The summed E-state index contributed by atoms with van der Waals surface area (Å²) >= 11 is 0. The summed E-state index contributed by atoms with van der Waals surface area (Å²) in [4.78, 5) is 17.1. The first-order valence-electron chi connectivity index (χ1n) is 11.3. The number of esters is 1. The van der Waals surface area contributed by atoms with Crippen molar-refractivity contribution in [3.63, 3.8) is 0 Å². The summed E-state index contributed by atoms with van der Waals surface area (Å²) in [6, 6.07) is 0.578. The molecule has 5 aliphatic rings. The van der Waals surface area contributed by atoms with Crippen LogP contribution in [-0.4, -0.2) is 74.9 Å². The van der Waals surface area contributed by atoms with E-state index in [1.165, 1.54) is 32.9 Å². The molecule has 0 aromatic heterocycles. The van der Waals surface area contributed by atoms with Crippen molar-refractivity contribution in [2.24, 2.45) is 23.2 Å². The maximum atomic E-state index is 11.8. The van der Waals surface area contributed by atoms with E-state index in [0.29, 0.717) is 23.8 Å². The van der Waals surface area contributed by atoms with Gasteiger partial charge >= 0.3 is 5.97 Å². The van der Waals surface area contributed by atoms with E-state index in [-0.39, 0.29) is 5.97 Å². The molecule has 0 aromatic rings. The highest BCUT2D eigenvalue weighted by atomic mass is 16.5. The maximum Gasteiger partial charge on any atom is 0.305 e. The molecule has 2 aliphatic heterocycles. The van der Waals surface area contributed by atoms with E-state index in [9.17, 15) is 4.79 Å². The fourth-order valence-electron chi connectivity index (χ4n) is 6.23. The summed E-state index contributed by atoms with van der Waals surface area (Å²) in [5, 5.41) is 0. The van der Waals surface area contributed by atoms with Crippen molar-refractivity contribution < 1.29 is 14.3 Å². The van der Waals surface area contributed by atoms with E-state index in [2.05, 4.69) is 29.7 Å². The number of carbonyl (C=O) groups is 1. The highest BCUT2D eigenvalue weighted by Crippen LogP contribution is 2.59. The first-order valence-corrected chi connectivity index (χ1v) is 11.3. The number of rotatable bonds is 6. The Balaban J connectivity index is 1.39. The van der Waals surface area contributed by atoms with Gasteiger partial charge in [0.2, 0.25) is 0 Å². The number of piperidine rings is 1. The Hall–Kier alpha value is -0.910. The zero-order valence-corrected chi connectivity index (χ0v) is 18.0. The lowest BCUT2D eigenvalue weighted by Crippen LogP contribution is -2.55. The number of allylic oxidation sites excluding steroid dienone is 1. The molecule has 5 rings (SSSR count). The number of morpholine rings is 1. The van der Waals surface area contributed by atoms with Gasteiger partial charge in [-0.05, 0) is 55.4 Å². The molecule has 0 unspecified atom stereocenters. The van der Waals surface area contributed by atoms with Crippen molar-refractivity contribution in [1.82, 2.24) is 9.80 Å². The van der Waals surface area contributed by atoms with Crippen molar-refractivity contribution in [2.45, 2.75) is 52.0 Å². The van der Waals surface area contributed by atoms with Gasteiger partial charge in [-0.2, -0.15) is 0 Å². The van der Waals surface area contributed by atoms with Crippen LogP contribution in [0.15, 0.2) is 11.6 Å². The highest BCUT2D eigenvalue weighted by Gasteiger charge is 2.51. The molecule has 0 aromatic carbocycles. The number of carbonyl (C=O) groups excluding carboxylic acids is 1. The summed E-state index contributed by atoms with van der Waals surface area (Å²) in [6.07, 6.45) is 7.89. The van der Waals surface area contributed by atoms with Gasteiger partial charge in [0.15, 0.2) is 0 Å². The Kier molecular flexibility index (Phi) is 6.15. The largest absolute Gasteiger partial charge is 0.469 e. The van der Waals surface area contributed by atoms with E-state index in [0.717, 1.165) is 57.6 Å². The number of ether oxygens (including phenoxy) is 2. The van der Waals surface area contributed by atoms with E-state index in [1.807, 2.05) is 0 Å². The SMILES string of the molecule is COC(=O)CC[C@H]1CN(CC2=CC[C@H]3C[C@@H]2C3(C)C)CC[C@H]1N1CCOCC1. The molecule has 2 heterocycles. The van der Waals surface area contributed by atoms with Gasteiger partial charge in [-0.1, -0.05) is 25.5 Å². The molecule has 0 radical (unpaired) electrons. The minimum Gasteiger partial charge on any atom is -0.469 e. The highest BCUT2D eigenvalue weighted by molar-refractivity contribution is 5.69. The third kappa shape index (κ3) is 4.03. The molecule has 158 valence electrons. The summed E-state index contributed by atoms with van der Waals surface area (Å²) in [5.74, 6) is 2.16. The van der Waals surface area contributed by atoms with Crippen molar-refractivity contribution >= 4 is 5.97 Å². The van der Waals surface area contributed by atoms with Crippen LogP contribution in [0.1, 0.15) is 46.0 Å². The van der Waals surface area contributed by atoms with Crippen molar-refractivity contribution in [1.29, 1.82) is 0 Å². The summed E-state index contributed by atoms with van der Waals surface area (Å²) in [5.41, 5.74) is 2.18. The van der Waals surface area contributed by atoms with Crippen molar-refractivity contribution in [3.8, 4) is 0 Å². The number of methoxy groups -OCH3 is 1. The number of hydrogen-bond donors (Lipinski definition) is 0. The lowest BCUT2D eigenvalue weighted by Gasteiger charge is -2.57. The van der Waals surface area contributed by atoms with Gasteiger partial charge in [-0.15, -0.1) is 0 Å². The Morgan fingerprint density at radius 1 is 1.29 bits per heavy atom. The first kappa shape index (κ1) is 20.4. The zero-order valence-electron chi connectivity index (χ0n) is 18.0. The quantitative estimate of drug-likeness (QED) is 0.515. The van der Waals surface area contributed by atoms with Gasteiger partial charge in [0.25, 0.3) is 0 Å². The van der Waals surface area contributed by atoms with Gasteiger partial charge in [-0.3, -0.25) is 14.6 Å². The second-order valence-electron chi connectivity index (χ2n) is 9.94. The normalized spacial score (nSPS) is 35.8. The molecule has 5 nitrogen and oxygen atoms in total. The van der Waals surface area contributed by atoms with Gasteiger partial charge in [0.05, 0.1) is 20.3 Å². The molecule has 3 fully saturated rings. The van der Waals surface area contributed by atoms with Crippen LogP contribution in [0.25, 0.3) is 0 Å². The lowest BCUT2D eigenvalue weighted by atomic mass is 9.49. The van der Waals surface area contributed by atoms with Gasteiger partial charge < -0.3 is 9.47 Å². The molecule has 2 bridgehead atoms. The Bertz CT molecular complexity index is 597. The number of hydrogen-bond acceptors (Lipinski definition) is 5. The fraction of sp³-hybridized carbons (Fsp3) is 0.870. The summed E-state index contributed by atoms with van der Waals surface area (Å²) in [6.45, 7) is 12.1. The molecule has 3 aliphatic carbocycles. The second kappa shape index (κ2) is 8.45. The molecular formula is C23H38N2O3. The third-order valence-electron chi connectivity index (χ3n) is 8.23. The molecule has 0 amide bonds. The van der Waals surface area contributed by atoms with Crippen molar-refractivity contribution in [2.75, 3.05) is 53.0 Å². The zero-order chi connectivity index (χ0) is 19.7. The smallest absolute Gasteiger partial charge is 0.305 e. The maximum absolute atomic E-state index is 11.8. The predicted molar refractivity (Wildman–Crippen MR) is 110 cm³/mol. The summed E-state index contributed by atoms with van der Waals surface area (Å²) in [7, 11) is 1.50. The summed E-state index contributed by atoms with van der Waals surface area (Å²) < 4.78 is 10.5. The van der Waals surface area contributed by atoms with Crippen LogP contribution < -0.4 is 0 Å². The molecule has 4 atom stereocenters. The van der Waals surface area contributed by atoms with Gasteiger partial charge in [-0.25, -0.2) is 0 Å². The van der Waals surface area contributed by atoms with Gasteiger partial charge in [0, 0.05) is 38.6 Å². The second-order valence-corrected chi connectivity index (χ2v) is 9.94. The Morgan fingerprint density at radius 2 is 2.07 bits per heavy atom. The average Bonchev–Trinajstić information content (AvgIpc) is 2.72. The Morgan fingerprint density at radius 3 is 2.75 bits per heavy atom. The standard InChI is InChI=1S/C23H38N2O3/c1-23(2)19-6-4-17(20(23)14-19)15-24-9-8-21(25-10-12-28-13-11-25)18(16-24)5-7-22(26)27-3/h4,18-21H,5-16H2,1-3H3/t18-,19-,20-,21+/m0/s1. The Labute approximate surface area is 170 Å². The fourth-order valence-corrected chi connectivity index (χ4v) is 6.23. The molecule has 0 N–H and O–H groups in total. The van der Waals surface area contributed by atoms with Crippen LogP contribution in [0.3, 0.4) is 0 Å². The lowest BCUT2D eigenvalue weighted by molar-refractivity contribution is -0.141. The minimum atomic E-state index is -0.0740. The number of fused-ring (bicyclic) bond motifs is 1. The third-order valence-corrected chi connectivity index (χ3v) is 8.23. The minimum absolute atomic E-state index is 0.0740. The molecule has 0 spiro atoms. The number of likely N-dealkylation sites (tertiary alicyclic amines) is 1. The van der Waals surface area contributed by atoms with Crippen LogP contribution in [0.2, 0.25) is 0 Å². The molecule has 28 heavy (non-hydrogen) atoms. The van der Waals surface area contributed by atoms with E-state index >= 15 is 0 Å². The predicted octanol–water partition coefficient (Wildman–Crippen LogP) is 2.95. The first-order chi connectivity index (χ1) is 13.5. The molecule has 1 saturated carbocycles.